The molecule has 0 aromatic carbocycles. The number of imidazole rings is 1. The molecule has 0 aliphatic heterocycles. The first kappa shape index (κ1) is 15.4. The first-order valence-corrected chi connectivity index (χ1v) is 8.56. The van der Waals surface area contributed by atoms with Gasteiger partial charge in [-0.25, -0.2) is 28.7 Å². The summed E-state index contributed by atoms with van der Waals surface area (Å²) in [6.45, 7) is 1.29. The van der Waals surface area contributed by atoms with Gasteiger partial charge in [-0.3, -0.25) is 0 Å². The summed E-state index contributed by atoms with van der Waals surface area (Å²) in [6, 6.07) is 3.66. The van der Waals surface area contributed by atoms with E-state index in [-0.39, 0.29) is 0 Å². The monoisotopic (exact) mass is 354 g/mol. The molecule has 1 aliphatic carbocycles. The summed E-state index contributed by atoms with van der Waals surface area (Å²) < 4.78 is 27.3. The Morgan fingerprint density at radius 1 is 1.23 bits per heavy atom. The largest absolute Gasteiger partial charge is 0.345 e. The van der Waals surface area contributed by atoms with Crippen molar-refractivity contribution in [1.29, 1.82) is 0 Å². The van der Waals surface area contributed by atoms with Gasteiger partial charge in [-0.1, -0.05) is 0 Å². The van der Waals surface area contributed by atoms with Crippen molar-refractivity contribution in [1.82, 2.24) is 29.5 Å². The number of nitrogens with one attached hydrogen (secondary N) is 1. The fraction of sp³-hybridized carbons (Fsp3) is 0.333. The fourth-order valence-corrected chi connectivity index (χ4v) is 3.29. The molecule has 1 N–H and O–H groups in total. The first-order chi connectivity index (χ1) is 12.6. The highest BCUT2D eigenvalue weighted by Crippen LogP contribution is 2.38. The number of hydrogen-bond acceptors (Lipinski definition) is 4. The van der Waals surface area contributed by atoms with Crippen LogP contribution < -0.4 is 0 Å². The van der Waals surface area contributed by atoms with Crippen molar-refractivity contribution in [3.63, 3.8) is 0 Å². The summed E-state index contributed by atoms with van der Waals surface area (Å²) in [5.74, 6) is 1.88. The van der Waals surface area contributed by atoms with Crippen molar-refractivity contribution >= 4 is 22.2 Å². The van der Waals surface area contributed by atoms with Crippen LogP contribution in [0.5, 0.6) is 0 Å². The fourth-order valence-electron chi connectivity index (χ4n) is 3.29. The van der Waals surface area contributed by atoms with Gasteiger partial charge >= 0.3 is 0 Å². The molecule has 26 heavy (non-hydrogen) atoms. The minimum absolute atomic E-state index is 0.416. The molecule has 0 atom stereocenters. The molecule has 1 aliphatic rings. The predicted octanol–water partition coefficient (Wildman–Crippen LogP) is 3.82. The number of hydrogen-bond donors (Lipinski definition) is 1. The van der Waals surface area contributed by atoms with Crippen LogP contribution in [0, 0.1) is 6.92 Å². The van der Waals surface area contributed by atoms with Crippen molar-refractivity contribution in [3.05, 3.63) is 36.2 Å². The first-order valence-electron chi connectivity index (χ1n) is 8.56. The van der Waals surface area contributed by atoms with Crippen LogP contribution in [0.25, 0.3) is 33.5 Å². The van der Waals surface area contributed by atoms with Crippen LogP contribution in [0.2, 0.25) is 0 Å². The maximum absolute atomic E-state index is 12.9. The van der Waals surface area contributed by atoms with Crippen molar-refractivity contribution in [2.45, 2.75) is 38.7 Å². The molecule has 0 spiro atoms. The summed E-state index contributed by atoms with van der Waals surface area (Å²) in [7, 11) is 0. The van der Waals surface area contributed by atoms with Crippen LogP contribution in [0.4, 0.5) is 8.78 Å². The van der Waals surface area contributed by atoms with Gasteiger partial charge in [0, 0.05) is 29.3 Å². The molecule has 8 heteroatoms. The topological polar surface area (TPSA) is 72.3 Å². The van der Waals surface area contributed by atoms with Crippen LogP contribution in [-0.2, 0) is 6.54 Å². The molecule has 4 heterocycles. The average molecular weight is 354 g/mol. The summed E-state index contributed by atoms with van der Waals surface area (Å²) in [6.07, 6.45) is 3.48. The Balaban J connectivity index is 1.63. The van der Waals surface area contributed by atoms with Gasteiger partial charge in [-0.2, -0.15) is 0 Å². The molecule has 0 unspecified atom stereocenters. The number of pyridine rings is 1. The van der Waals surface area contributed by atoms with Gasteiger partial charge in [-0.15, -0.1) is 0 Å². The van der Waals surface area contributed by atoms with Gasteiger partial charge in [0.25, 0.3) is 6.43 Å². The smallest absolute Gasteiger partial charge is 0.256 e. The Bertz CT molecular complexity index is 1130. The maximum Gasteiger partial charge on any atom is 0.256 e. The number of H-pyrrole nitrogens is 1. The van der Waals surface area contributed by atoms with E-state index >= 15 is 0 Å². The molecule has 1 fully saturated rings. The number of aromatic nitrogens is 6. The Labute approximate surface area is 147 Å². The molecule has 0 saturated heterocycles. The van der Waals surface area contributed by atoms with Crippen molar-refractivity contribution in [2.24, 2.45) is 0 Å². The molecule has 4 aromatic heterocycles. The highest BCUT2D eigenvalue weighted by Gasteiger charge is 2.27. The van der Waals surface area contributed by atoms with E-state index in [1.165, 1.54) is 4.57 Å². The van der Waals surface area contributed by atoms with Crippen LogP contribution in [0.15, 0.2) is 24.5 Å². The minimum atomic E-state index is -2.46. The lowest BCUT2D eigenvalue weighted by Crippen LogP contribution is -2.08. The second kappa shape index (κ2) is 5.55. The molecule has 4 aromatic rings. The lowest BCUT2D eigenvalue weighted by atomic mass is 10.1. The van der Waals surface area contributed by atoms with Gasteiger partial charge < -0.3 is 9.55 Å². The summed E-state index contributed by atoms with van der Waals surface area (Å²) in [4.78, 5) is 21.2. The van der Waals surface area contributed by atoms with Crippen LogP contribution in [0.1, 0.15) is 30.4 Å². The van der Waals surface area contributed by atoms with Crippen molar-refractivity contribution in [3.8, 4) is 11.3 Å². The Morgan fingerprint density at radius 3 is 2.85 bits per heavy atom. The Hall–Kier alpha value is -2.90. The normalized spacial score (nSPS) is 14.8. The summed E-state index contributed by atoms with van der Waals surface area (Å²) in [5, 5.41) is 0.873. The quantitative estimate of drug-likeness (QED) is 0.605. The highest BCUT2D eigenvalue weighted by molar-refractivity contribution is 5.93. The van der Waals surface area contributed by atoms with E-state index in [2.05, 4.69) is 24.9 Å². The summed E-state index contributed by atoms with van der Waals surface area (Å²) in [5.41, 5.74) is 3.38. The number of aryl methyl sites for hydroxylation is 1. The predicted molar refractivity (Wildman–Crippen MR) is 93.1 cm³/mol. The maximum atomic E-state index is 12.9. The third-order valence-electron chi connectivity index (χ3n) is 4.77. The lowest BCUT2D eigenvalue weighted by molar-refractivity contribution is 0.127. The Kier molecular flexibility index (Phi) is 3.28. The standard InChI is InChI=1S/C18H16F2N6/c1-9-23-14-5-4-13(24-18(14)26(9)8-15(19)20)11-6-22-17-12(11)7-21-16(25-17)10-2-3-10/h4-7,10,15H,2-3,8H2,1H3,(H,21,22,25). The Morgan fingerprint density at radius 2 is 2.08 bits per heavy atom. The minimum Gasteiger partial charge on any atom is -0.345 e. The summed E-state index contributed by atoms with van der Waals surface area (Å²) >= 11 is 0. The zero-order valence-electron chi connectivity index (χ0n) is 14.1. The molecule has 6 nitrogen and oxygen atoms in total. The number of fused-ring (bicyclic) bond motifs is 2. The van der Waals surface area contributed by atoms with E-state index < -0.39 is 13.0 Å². The van der Waals surface area contributed by atoms with Crippen LogP contribution in [0.3, 0.4) is 0 Å². The van der Waals surface area contributed by atoms with Crippen molar-refractivity contribution in [2.75, 3.05) is 0 Å². The molecule has 1 saturated carbocycles. The molecule has 0 bridgehead atoms. The number of nitrogens with zero attached hydrogens (tertiary/aromatic N) is 5. The van der Waals surface area contributed by atoms with Gasteiger partial charge in [0.15, 0.2) is 5.65 Å². The SMILES string of the molecule is Cc1nc2ccc(-c3c[nH]c4nc(C5CC5)ncc34)nc2n1CC(F)F. The second-order valence-electron chi connectivity index (χ2n) is 6.67. The van der Waals surface area contributed by atoms with E-state index in [1.54, 1.807) is 6.92 Å². The van der Waals surface area contributed by atoms with E-state index in [0.717, 1.165) is 35.3 Å². The van der Waals surface area contributed by atoms with Gasteiger partial charge in [0.2, 0.25) is 0 Å². The molecule has 0 radical (unpaired) electrons. The lowest BCUT2D eigenvalue weighted by Gasteiger charge is -2.06. The zero-order valence-corrected chi connectivity index (χ0v) is 14.1. The van der Waals surface area contributed by atoms with Gasteiger partial charge in [0.1, 0.15) is 22.8 Å². The third-order valence-corrected chi connectivity index (χ3v) is 4.77. The number of halogens is 2. The highest BCUT2D eigenvalue weighted by atomic mass is 19.3. The average Bonchev–Trinajstić information content (AvgIpc) is 3.32. The van der Waals surface area contributed by atoms with E-state index in [4.69, 9.17) is 0 Å². The van der Waals surface area contributed by atoms with E-state index in [1.807, 2.05) is 24.5 Å². The number of aromatic amines is 1. The molecular formula is C18H16F2N6. The third kappa shape index (κ3) is 2.44. The van der Waals surface area contributed by atoms with Crippen molar-refractivity contribution < 1.29 is 8.78 Å². The van der Waals surface area contributed by atoms with E-state index in [0.29, 0.717) is 28.6 Å². The molecule has 132 valence electrons. The van der Waals surface area contributed by atoms with Crippen LogP contribution >= 0.6 is 0 Å². The van der Waals surface area contributed by atoms with Gasteiger partial charge in [-0.05, 0) is 31.9 Å². The molecule has 5 rings (SSSR count). The number of rotatable bonds is 4. The number of alkyl halides is 2. The zero-order chi connectivity index (χ0) is 17.8. The molecular weight excluding hydrogens is 338 g/mol. The van der Waals surface area contributed by atoms with Crippen LogP contribution in [-0.4, -0.2) is 35.9 Å². The van der Waals surface area contributed by atoms with E-state index in [9.17, 15) is 8.78 Å². The molecule has 0 amide bonds. The second-order valence-corrected chi connectivity index (χ2v) is 6.67. The van der Waals surface area contributed by atoms with Gasteiger partial charge in [0.05, 0.1) is 12.2 Å².